The monoisotopic (exact) mass is 215 g/mol. The maximum absolute atomic E-state index is 11.3. The minimum atomic E-state index is -0.532. The van der Waals surface area contributed by atoms with Gasteiger partial charge in [0.2, 0.25) is 11.8 Å². The second-order valence-electron chi connectivity index (χ2n) is 4.63. The lowest BCUT2D eigenvalue weighted by molar-refractivity contribution is -0.123. The van der Waals surface area contributed by atoms with Crippen LogP contribution in [-0.4, -0.2) is 29.9 Å². The Balaban J connectivity index is 3.70. The molecular formula is C10H21N3O2. The molecule has 0 saturated heterocycles. The summed E-state index contributed by atoms with van der Waals surface area (Å²) in [7, 11) is 0. The summed E-state index contributed by atoms with van der Waals surface area (Å²) in [4.78, 5) is 22.4. The maximum Gasteiger partial charge on any atom is 0.236 e. The molecule has 5 heteroatoms. The number of hydrogen-bond donors (Lipinski definition) is 3. The average molecular weight is 215 g/mol. The Hall–Kier alpha value is -1.10. The van der Waals surface area contributed by atoms with Crippen molar-refractivity contribution < 1.29 is 9.59 Å². The first-order chi connectivity index (χ1) is 6.72. The van der Waals surface area contributed by atoms with Crippen LogP contribution in [0.5, 0.6) is 0 Å². The number of amides is 2. The van der Waals surface area contributed by atoms with Gasteiger partial charge >= 0.3 is 0 Å². The summed E-state index contributed by atoms with van der Waals surface area (Å²) >= 11 is 0. The molecule has 0 unspecified atom stereocenters. The third kappa shape index (κ3) is 7.93. The van der Waals surface area contributed by atoms with E-state index >= 15 is 0 Å². The van der Waals surface area contributed by atoms with E-state index in [1.165, 1.54) is 0 Å². The molecule has 0 aromatic carbocycles. The average Bonchev–Trinajstić information content (AvgIpc) is 2.00. The van der Waals surface area contributed by atoms with Crippen LogP contribution in [0.4, 0.5) is 0 Å². The highest BCUT2D eigenvalue weighted by atomic mass is 16.2. The summed E-state index contributed by atoms with van der Waals surface area (Å²) in [6.07, 6.45) is 0.274. The van der Waals surface area contributed by atoms with Crippen molar-refractivity contribution in [2.45, 2.75) is 45.7 Å². The van der Waals surface area contributed by atoms with Gasteiger partial charge in [-0.25, -0.2) is 0 Å². The molecule has 2 amide bonds. The van der Waals surface area contributed by atoms with Crippen molar-refractivity contribution in [3.63, 3.8) is 0 Å². The molecule has 0 radical (unpaired) electrons. The van der Waals surface area contributed by atoms with Crippen molar-refractivity contribution in [1.29, 1.82) is 0 Å². The van der Waals surface area contributed by atoms with E-state index in [1.54, 1.807) is 6.92 Å². The van der Waals surface area contributed by atoms with Crippen molar-refractivity contribution in [2.24, 2.45) is 5.73 Å². The third-order valence-corrected chi connectivity index (χ3v) is 1.58. The number of carbonyl (C=O) groups excluding carboxylic acids is 2. The molecule has 0 bridgehead atoms. The molecule has 0 aliphatic carbocycles. The van der Waals surface area contributed by atoms with Gasteiger partial charge in [-0.05, 0) is 27.7 Å². The SMILES string of the molecule is C[C@@H](N)C(=O)NCCC(=O)NC(C)(C)C. The van der Waals surface area contributed by atoms with Gasteiger partial charge in [-0.3, -0.25) is 9.59 Å². The van der Waals surface area contributed by atoms with Gasteiger partial charge in [-0.2, -0.15) is 0 Å². The Morgan fingerprint density at radius 1 is 1.33 bits per heavy atom. The lowest BCUT2D eigenvalue weighted by Gasteiger charge is -2.20. The second kappa shape index (κ2) is 5.70. The quantitative estimate of drug-likeness (QED) is 0.605. The minimum Gasteiger partial charge on any atom is -0.354 e. The maximum atomic E-state index is 11.3. The van der Waals surface area contributed by atoms with Crippen molar-refractivity contribution in [1.82, 2.24) is 10.6 Å². The number of nitrogens with two attached hydrogens (primary N) is 1. The lowest BCUT2D eigenvalue weighted by atomic mass is 10.1. The highest BCUT2D eigenvalue weighted by Gasteiger charge is 2.13. The summed E-state index contributed by atoms with van der Waals surface area (Å²) < 4.78 is 0. The molecule has 0 rings (SSSR count). The van der Waals surface area contributed by atoms with Crippen LogP contribution in [0.1, 0.15) is 34.1 Å². The fraction of sp³-hybridized carbons (Fsp3) is 0.800. The van der Waals surface area contributed by atoms with Crippen LogP contribution in [0, 0.1) is 0 Å². The first-order valence-electron chi connectivity index (χ1n) is 5.06. The standard InChI is InChI=1S/C10H21N3O2/c1-7(11)9(15)12-6-5-8(14)13-10(2,3)4/h7H,5-6,11H2,1-4H3,(H,12,15)(H,13,14)/t7-/m1/s1. The zero-order valence-corrected chi connectivity index (χ0v) is 9.89. The van der Waals surface area contributed by atoms with E-state index in [0.29, 0.717) is 6.54 Å². The molecule has 0 aliphatic heterocycles. The van der Waals surface area contributed by atoms with Crippen LogP contribution < -0.4 is 16.4 Å². The van der Waals surface area contributed by atoms with Crippen LogP contribution in [0.15, 0.2) is 0 Å². The Morgan fingerprint density at radius 3 is 2.27 bits per heavy atom. The van der Waals surface area contributed by atoms with Crippen LogP contribution in [0.2, 0.25) is 0 Å². The number of carbonyl (C=O) groups is 2. The first-order valence-corrected chi connectivity index (χ1v) is 5.06. The van der Waals surface area contributed by atoms with E-state index in [1.807, 2.05) is 20.8 Å². The Morgan fingerprint density at radius 2 is 1.87 bits per heavy atom. The first kappa shape index (κ1) is 13.9. The summed E-state index contributed by atoms with van der Waals surface area (Å²) in [6.45, 7) is 7.65. The largest absolute Gasteiger partial charge is 0.354 e. The van der Waals surface area contributed by atoms with Crippen LogP contribution in [-0.2, 0) is 9.59 Å². The van der Waals surface area contributed by atoms with Crippen molar-refractivity contribution in [3.8, 4) is 0 Å². The van der Waals surface area contributed by atoms with Crippen molar-refractivity contribution >= 4 is 11.8 Å². The minimum absolute atomic E-state index is 0.0764. The second-order valence-corrected chi connectivity index (χ2v) is 4.63. The van der Waals surface area contributed by atoms with E-state index in [9.17, 15) is 9.59 Å². The van der Waals surface area contributed by atoms with Crippen molar-refractivity contribution in [3.05, 3.63) is 0 Å². The smallest absolute Gasteiger partial charge is 0.236 e. The fourth-order valence-corrected chi connectivity index (χ4v) is 0.941. The Bertz CT molecular complexity index is 231. The molecular weight excluding hydrogens is 194 g/mol. The molecule has 1 atom stereocenters. The molecule has 15 heavy (non-hydrogen) atoms. The predicted octanol–water partition coefficient (Wildman–Crippen LogP) is -0.245. The van der Waals surface area contributed by atoms with Gasteiger partial charge in [-0.15, -0.1) is 0 Å². The van der Waals surface area contributed by atoms with Crippen LogP contribution >= 0.6 is 0 Å². The summed E-state index contributed by atoms with van der Waals surface area (Å²) in [5.74, 6) is -0.314. The molecule has 0 aromatic heterocycles. The highest BCUT2D eigenvalue weighted by molar-refractivity contribution is 5.82. The molecule has 5 nitrogen and oxygen atoms in total. The molecule has 0 saturated carbocycles. The van der Waals surface area contributed by atoms with E-state index in [-0.39, 0.29) is 23.8 Å². The van der Waals surface area contributed by atoms with Crippen LogP contribution in [0.25, 0.3) is 0 Å². The molecule has 0 heterocycles. The molecule has 88 valence electrons. The van der Waals surface area contributed by atoms with Gasteiger partial charge in [0.05, 0.1) is 6.04 Å². The Labute approximate surface area is 90.8 Å². The van der Waals surface area contributed by atoms with E-state index < -0.39 is 6.04 Å². The van der Waals surface area contributed by atoms with Gasteiger partial charge in [0.15, 0.2) is 0 Å². The predicted molar refractivity (Wildman–Crippen MR) is 59.2 cm³/mol. The van der Waals surface area contributed by atoms with Gasteiger partial charge in [-0.1, -0.05) is 0 Å². The highest BCUT2D eigenvalue weighted by Crippen LogP contribution is 1.98. The third-order valence-electron chi connectivity index (χ3n) is 1.58. The van der Waals surface area contributed by atoms with Crippen molar-refractivity contribution in [2.75, 3.05) is 6.54 Å². The summed E-state index contributed by atoms with van der Waals surface area (Å²) in [5, 5.41) is 5.37. The van der Waals surface area contributed by atoms with Gasteiger partial charge < -0.3 is 16.4 Å². The number of rotatable bonds is 4. The van der Waals surface area contributed by atoms with E-state index in [4.69, 9.17) is 5.73 Å². The number of hydrogen-bond acceptors (Lipinski definition) is 3. The summed E-state index contributed by atoms with van der Waals surface area (Å²) in [6, 6.07) is -0.532. The number of nitrogens with one attached hydrogen (secondary N) is 2. The van der Waals surface area contributed by atoms with Gasteiger partial charge in [0.1, 0.15) is 0 Å². The fourth-order valence-electron chi connectivity index (χ4n) is 0.941. The topological polar surface area (TPSA) is 84.2 Å². The molecule has 0 aromatic rings. The van der Waals surface area contributed by atoms with E-state index in [2.05, 4.69) is 10.6 Å². The normalized spacial score (nSPS) is 13.1. The summed E-state index contributed by atoms with van der Waals surface area (Å²) in [5.41, 5.74) is 5.11. The zero-order valence-electron chi connectivity index (χ0n) is 9.89. The Kier molecular flexibility index (Phi) is 5.28. The zero-order chi connectivity index (χ0) is 12.1. The van der Waals surface area contributed by atoms with Gasteiger partial charge in [0, 0.05) is 18.5 Å². The molecule has 4 N–H and O–H groups in total. The molecule has 0 fully saturated rings. The lowest BCUT2D eigenvalue weighted by Crippen LogP contribution is -2.43. The van der Waals surface area contributed by atoms with Crippen LogP contribution in [0.3, 0.4) is 0 Å². The molecule has 0 spiro atoms. The van der Waals surface area contributed by atoms with E-state index in [0.717, 1.165) is 0 Å². The van der Waals surface area contributed by atoms with Gasteiger partial charge in [0.25, 0.3) is 0 Å². The molecule has 0 aliphatic rings.